The minimum absolute atomic E-state index is 0.0484. The van der Waals surface area contributed by atoms with Crippen LogP contribution in [-0.4, -0.2) is 46.7 Å². The van der Waals surface area contributed by atoms with E-state index >= 15 is 0 Å². The van der Waals surface area contributed by atoms with E-state index in [-0.39, 0.29) is 37.9 Å². The van der Waals surface area contributed by atoms with Crippen LogP contribution in [0.5, 0.6) is 40.2 Å². The first kappa shape index (κ1) is 84.6. The zero-order valence-corrected chi connectivity index (χ0v) is 67.1. The molecule has 0 unspecified atom stereocenters. The monoisotopic (exact) mass is 1370 g/mol. The first-order valence-electron chi connectivity index (χ1n) is 34.0. The predicted molar refractivity (Wildman–Crippen MR) is 427 cm³/mol. The fourth-order valence-corrected chi connectivity index (χ4v) is 12.5. The maximum absolute atomic E-state index is 9.38. The van der Waals surface area contributed by atoms with Crippen LogP contribution < -0.4 is 14.2 Å². The molecule has 10 aromatic rings. The molecule has 3 aromatic heterocycles. The molecule has 3 heterocycles. The molecule has 10 heteroatoms. The lowest BCUT2D eigenvalue weighted by molar-refractivity contribution is 0.322. The number of phenolic OH excluding ortho intramolecular Hbond substituents is 4. The molecule has 8 nitrogen and oxygen atoms in total. The Kier molecular flexibility index (Phi) is 30.5. The van der Waals surface area contributed by atoms with Gasteiger partial charge in [0.25, 0.3) is 0 Å². The van der Waals surface area contributed by atoms with E-state index < -0.39 is 0 Å². The van der Waals surface area contributed by atoms with Crippen molar-refractivity contribution in [3.63, 3.8) is 0 Å². The first-order valence-corrected chi connectivity index (χ1v) is 35.8. The molecule has 0 spiro atoms. The van der Waals surface area contributed by atoms with Crippen molar-refractivity contribution in [1.82, 2.24) is 4.98 Å². The molecule has 0 saturated heterocycles. The lowest BCUT2D eigenvalue weighted by Crippen LogP contribution is -2.14. The first-order chi connectivity index (χ1) is 44.9. The Morgan fingerprint density at radius 2 is 0.837 bits per heavy atom. The van der Waals surface area contributed by atoms with Crippen molar-refractivity contribution in [2.75, 3.05) is 21.3 Å². The third-order valence-electron chi connectivity index (χ3n) is 16.4. The van der Waals surface area contributed by atoms with Gasteiger partial charge in [-0.3, -0.25) is 0 Å². The van der Waals surface area contributed by atoms with Gasteiger partial charge in [-0.1, -0.05) is 227 Å². The highest BCUT2D eigenvalue weighted by Gasteiger charge is 2.23. The molecule has 0 amide bonds. The molecule has 0 saturated carbocycles. The summed E-state index contributed by atoms with van der Waals surface area (Å²) in [5.74, 6) is 3.46. The standard InChI is InChI=1S/C13H20O3.C12H15N.C12H18O.C12H14S.C11H16O.2C10H14O.C8H12S/c1-13(2,3)9-7-10(14-4)12(16-6)11(8-9)15-5;1-12(2,3)10-4-5-11-9(8-10)6-7-13-11;1-8-6-10(13)7-9(2)11(8)12(3,4)5;1-12(2,3)10-8-13-11-7-5-4-6-9(10)11;1-8-7-9(11(2,3)4)5-6-10(8)12;1-10(2,3)8-4-6-9(11)7-5-8;1-10(2,3)8-5-4-6-9(11)7-8;1-8(2,3)7-4-5-9-6-7/h7-8H,1-6H3;4-8,13H,1-3H3;6-7,13H,1-5H3;4-8H,1-3H3;5-7,12H,1-4H3;2*4-7,11H,1-3H3;4-6H,1-3H3. The minimum atomic E-state index is 0.0484. The van der Waals surface area contributed by atoms with Gasteiger partial charge < -0.3 is 39.6 Å². The summed E-state index contributed by atoms with van der Waals surface area (Å²) in [5, 5.41) is 46.2. The largest absolute Gasteiger partial charge is 0.508 e. The van der Waals surface area contributed by atoms with Crippen molar-refractivity contribution < 1.29 is 34.6 Å². The second-order valence-electron chi connectivity index (χ2n) is 33.4. The van der Waals surface area contributed by atoms with E-state index in [9.17, 15) is 15.3 Å². The number of aromatic hydroxyl groups is 4. The van der Waals surface area contributed by atoms with Gasteiger partial charge in [0.1, 0.15) is 23.0 Å². The fourth-order valence-electron chi connectivity index (χ4n) is 10.5. The molecule has 0 aliphatic heterocycles. The lowest BCUT2D eigenvalue weighted by Gasteiger charge is -2.24. The van der Waals surface area contributed by atoms with Crippen LogP contribution in [0.3, 0.4) is 0 Å². The van der Waals surface area contributed by atoms with Crippen molar-refractivity contribution in [1.29, 1.82) is 0 Å². The van der Waals surface area contributed by atoms with Crippen molar-refractivity contribution in [2.45, 2.75) is 230 Å². The number of rotatable bonds is 3. The zero-order valence-electron chi connectivity index (χ0n) is 65.5. The Morgan fingerprint density at radius 1 is 0.357 bits per heavy atom. The number of hydrogen-bond donors (Lipinski definition) is 5. The Balaban J connectivity index is 0.000000293. The van der Waals surface area contributed by atoms with Crippen molar-refractivity contribution in [2.24, 2.45) is 0 Å². The minimum Gasteiger partial charge on any atom is -0.508 e. The number of aryl methyl sites for hydroxylation is 3. The summed E-state index contributed by atoms with van der Waals surface area (Å²) in [6.07, 6.45) is 1.98. The van der Waals surface area contributed by atoms with Crippen LogP contribution in [0.15, 0.2) is 168 Å². The van der Waals surface area contributed by atoms with Gasteiger partial charge in [-0.05, 0) is 237 Å². The summed E-state index contributed by atoms with van der Waals surface area (Å²) in [6.45, 7) is 58.6. The Bertz CT molecular complexity index is 3970. The third kappa shape index (κ3) is 27.2. The van der Waals surface area contributed by atoms with Crippen molar-refractivity contribution in [3.05, 3.63) is 229 Å². The number of benzene rings is 7. The van der Waals surface area contributed by atoms with Crippen LogP contribution in [0.2, 0.25) is 0 Å². The van der Waals surface area contributed by atoms with Crippen molar-refractivity contribution in [3.8, 4) is 40.2 Å². The van der Waals surface area contributed by atoms with Crippen LogP contribution in [0, 0.1) is 20.8 Å². The number of H-pyrrole nitrogens is 1. The normalized spacial score (nSPS) is 11.7. The van der Waals surface area contributed by atoms with E-state index in [2.05, 4.69) is 242 Å². The topological polar surface area (TPSA) is 124 Å². The molecule has 98 heavy (non-hydrogen) atoms. The number of aromatic nitrogens is 1. The number of nitrogens with one attached hydrogen (secondary N) is 1. The molecule has 0 bridgehead atoms. The van der Waals surface area contributed by atoms with Gasteiger partial charge in [0.2, 0.25) is 5.75 Å². The highest BCUT2D eigenvalue weighted by Crippen LogP contribution is 2.42. The number of hydrogen-bond acceptors (Lipinski definition) is 9. The van der Waals surface area contributed by atoms with Crippen LogP contribution in [0.1, 0.15) is 227 Å². The molecule has 0 aliphatic carbocycles. The van der Waals surface area contributed by atoms with Crippen LogP contribution in [0.4, 0.5) is 0 Å². The number of thiophene rings is 2. The molecule has 5 N–H and O–H groups in total. The second kappa shape index (κ2) is 35.4. The maximum atomic E-state index is 9.38. The highest BCUT2D eigenvalue weighted by molar-refractivity contribution is 7.17. The number of fused-ring (bicyclic) bond motifs is 2. The molecule has 0 atom stereocenters. The Morgan fingerprint density at radius 3 is 1.26 bits per heavy atom. The predicted octanol–water partition coefficient (Wildman–Crippen LogP) is 25.4. The van der Waals surface area contributed by atoms with Gasteiger partial charge >= 0.3 is 0 Å². The number of aromatic amines is 1. The quantitative estimate of drug-likeness (QED) is 0.119. The highest BCUT2D eigenvalue weighted by atomic mass is 32.1. The van der Waals surface area contributed by atoms with Crippen molar-refractivity contribution >= 4 is 43.7 Å². The van der Waals surface area contributed by atoms with E-state index in [0.29, 0.717) is 45.7 Å². The SMILES string of the molecule is CC(C)(C)c1ccc(O)cc1.CC(C)(C)c1ccc2[nH]ccc2c1.CC(C)(C)c1cccc(O)c1.CC(C)(C)c1ccsc1.CC(C)(C)c1csc2ccccc12.COc1cc(C(C)(C)C)cc(OC)c1OC.Cc1cc(C(C)(C)C)ccc1O.Cc1cc(O)cc(C)c1C(C)(C)C. The second-order valence-corrected chi connectivity index (χ2v) is 35.1. The van der Waals surface area contributed by atoms with E-state index in [1.54, 1.807) is 63.0 Å². The van der Waals surface area contributed by atoms with Crippen LogP contribution >= 0.6 is 22.7 Å². The lowest BCUT2D eigenvalue weighted by atomic mass is 9.81. The summed E-state index contributed by atoms with van der Waals surface area (Å²) < 4.78 is 17.3. The summed E-state index contributed by atoms with van der Waals surface area (Å²) in [4.78, 5) is 3.20. The molecule has 7 aromatic carbocycles. The van der Waals surface area contributed by atoms with E-state index in [1.807, 2.05) is 99.0 Å². The van der Waals surface area contributed by atoms with E-state index in [1.165, 1.54) is 65.5 Å². The summed E-state index contributed by atoms with van der Waals surface area (Å²) in [5.41, 5.74) is 16.5. The van der Waals surface area contributed by atoms with Gasteiger partial charge in [0.05, 0.1) is 21.3 Å². The third-order valence-corrected chi connectivity index (χ3v) is 18.0. The zero-order chi connectivity index (χ0) is 74.7. The van der Waals surface area contributed by atoms with E-state index in [4.69, 9.17) is 19.3 Å². The van der Waals surface area contributed by atoms with Gasteiger partial charge in [-0.25, -0.2) is 0 Å². The number of phenols is 4. The molecule has 0 radical (unpaired) electrons. The average Bonchev–Trinajstić information content (AvgIpc) is 1.33. The smallest absolute Gasteiger partial charge is 0.203 e. The van der Waals surface area contributed by atoms with Gasteiger partial charge in [-0.2, -0.15) is 11.3 Å². The molecular formula is C88H123NO7S2. The number of ether oxygens (including phenoxy) is 3. The Labute approximate surface area is 600 Å². The van der Waals surface area contributed by atoms with Gasteiger partial charge in [0, 0.05) is 16.4 Å². The van der Waals surface area contributed by atoms with Gasteiger partial charge in [-0.15, -0.1) is 11.3 Å². The van der Waals surface area contributed by atoms with Crippen LogP contribution in [0.25, 0.3) is 21.0 Å². The summed E-state index contributed by atoms with van der Waals surface area (Å²) in [6, 6.07) is 47.7. The summed E-state index contributed by atoms with van der Waals surface area (Å²) >= 11 is 3.61. The number of methoxy groups -OCH3 is 3. The molecule has 0 aliphatic rings. The van der Waals surface area contributed by atoms with Gasteiger partial charge in [0.15, 0.2) is 11.5 Å². The molecule has 10 rings (SSSR count). The Hall–Kier alpha value is -7.66. The molecule has 534 valence electrons. The average molecular weight is 1370 g/mol. The molecular weight excluding hydrogens is 1250 g/mol. The van der Waals surface area contributed by atoms with E-state index in [0.717, 1.165) is 16.7 Å². The van der Waals surface area contributed by atoms with Crippen LogP contribution in [-0.2, 0) is 43.3 Å². The fraction of sp³-hybridized carbons (Fsp3) is 0.432. The summed E-state index contributed by atoms with van der Waals surface area (Å²) in [7, 11) is 4.87. The molecule has 0 fully saturated rings. The maximum Gasteiger partial charge on any atom is 0.203 e.